The third-order valence-corrected chi connectivity index (χ3v) is 4.94. The van der Waals surface area contributed by atoms with Gasteiger partial charge in [0.25, 0.3) is 0 Å². The Morgan fingerprint density at radius 2 is 2.12 bits per heavy atom. The number of aliphatic imine (C=N–C) groups is 1. The smallest absolute Gasteiger partial charge is 0.212 e. The first kappa shape index (κ1) is 18.5. The molecule has 1 aromatic carbocycles. The van der Waals surface area contributed by atoms with E-state index in [1.165, 1.54) is 5.69 Å². The first-order chi connectivity index (χ1) is 12.7. The summed E-state index contributed by atoms with van der Waals surface area (Å²) < 4.78 is 6.19. The van der Waals surface area contributed by atoms with Crippen molar-refractivity contribution >= 4 is 27.6 Å². The lowest BCUT2D eigenvalue weighted by molar-refractivity contribution is 0.397. The minimum atomic E-state index is 0.374. The van der Waals surface area contributed by atoms with E-state index in [9.17, 15) is 0 Å². The summed E-state index contributed by atoms with van der Waals surface area (Å²) in [6.45, 7) is 2.67. The van der Waals surface area contributed by atoms with Gasteiger partial charge in [0.15, 0.2) is 5.96 Å². The second kappa shape index (κ2) is 8.89. The first-order valence-corrected chi connectivity index (χ1v) is 9.44. The molecule has 3 rings (SSSR count). The van der Waals surface area contributed by atoms with E-state index in [1.54, 1.807) is 14.2 Å². The number of anilines is 1. The van der Waals surface area contributed by atoms with E-state index in [-0.39, 0.29) is 0 Å². The van der Waals surface area contributed by atoms with E-state index >= 15 is 0 Å². The first-order valence-electron chi connectivity index (χ1n) is 8.64. The fraction of sp³-hybridized carbons (Fsp3) is 0.368. The van der Waals surface area contributed by atoms with E-state index in [0.717, 1.165) is 35.5 Å². The van der Waals surface area contributed by atoms with Gasteiger partial charge in [0, 0.05) is 55.1 Å². The van der Waals surface area contributed by atoms with Gasteiger partial charge < -0.3 is 20.3 Å². The van der Waals surface area contributed by atoms with Gasteiger partial charge in [-0.15, -0.1) is 0 Å². The van der Waals surface area contributed by atoms with E-state index in [1.807, 2.05) is 18.3 Å². The summed E-state index contributed by atoms with van der Waals surface area (Å²) in [7, 11) is 3.41. The number of hydrogen-bond donors (Lipinski definition) is 2. The number of nitrogens with one attached hydrogen (secondary N) is 2. The Balaban J connectivity index is 1.49. The Hall–Kier alpha value is -2.28. The third kappa shape index (κ3) is 4.88. The van der Waals surface area contributed by atoms with Gasteiger partial charge in [-0.3, -0.25) is 4.99 Å². The quantitative estimate of drug-likeness (QED) is 0.578. The molecular formula is C19H24BrN5O. The molecule has 0 bridgehead atoms. The minimum absolute atomic E-state index is 0.374. The largest absolute Gasteiger partial charge is 0.481 e. The Morgan fingerprint density at radius 1 is 1.31 bits per heavy atom. The van der Waals surface area contributed by atoms with Gasteiger partial charge in [0.05, 0.1) is 7.11 Å². The van der Waals surface area contributed by atoms with Gasteiger partial charge in [0.2, 0.25) is 5.88 Å². The van der Waals surface area contributed by atoms with Gasteiger partial charge in [-0.2, -0.15) is 0 Å². The highest BCUT2D eigenvalue weighted by molar-refractivity contribution is 9.10. The summed E-state index contributed by atoms with van der Waals surface area (Å²) in [4.78, 5) is 10.9. The van der Waals surface area contributed by atoms with Crippen molar-refractivity contribution in [2.75, 3.05) is 32.1 Å². The highest BCUT2D eigenvalue weighted by Crippen LogP contribution is 2.22. The number of nitrogens with zero attached hydrogens (tertiary/aromatic N) is 3. The number of aromatic nitrogens is 1. The van der Waals surface area contributed by atoms with E-state index in [4.69, 9.17) is 4.74 Å². The monoisotopic (exact) mass is 417 g/mol. The molecule has 1 aliphatic heterocycles. The standard InChI is InChI=1S/C19H24BrN5O/c1-21-19(23-12-14-3-8-18(26-2)22-11-14)24-16-9-10-25(13-16)17-6-4-15(20)5-7-17/h3-8,11,16H,9-10,12-13H2,1-2H3,(H2,21,23,24). The number of hydrogen-bond acceptors (Lipinski definition) is 4. The number of ether oxygens (including phenoxy) is 1. The van der Waals surface area contributed by atoms with Gasteiger partial charge in [-0.1, -0.05) is 22.0 Å². The molecule has 0 saturated carbocycles. The number of halogens is 1. The molecule has 0 amide bonds. The van der Waals surface area contributed by atoms with Crippen LogP contribution in [0.5, 0.6) is 5.88 Å². The van der Waals surface area contributed by atoms with Crippen molar-refractivity contribution in [3.8, 4) is 5.88 Å². The molecule has 0 spiro atoms. The van der Waals surface area contributed by atoms with Gasteiger partial charge >= 0.3 is 0 Å². The summed E-state index contributed by atoms with van der Waals surface area (Å²) in [5, 5.41) is 6.86. The predicted molar refractivity (Wildman–Crippen MR) is 109 cm³/mol. The van der Waals surface area contributed by atoms with Crippen LogP contribution in [0.15, 0.2) is 52.1 Å². The second-order valence-electron chi connectivity index (χ2n) is 6.19. The molecule has 26 heavy (non-hydrogen) atoms. The number of pyridine rings is 1. The van der Waals surface area contributed by atoms with E-state index in [2.05, 4.69) is 65.7 Å². The lowest BCUT2D eigenvalue weighted by Crippen LogP contribution is -2.44. The molecule has 2 heterocycles. The molecule has 1 saturated heterocycles. The molecule has 0 radical (unpaired) electrons. The van der Waals surface area contributed by atoms with Crippen molar-refractivity contribution in [1.29, 1.82) is 0 Å². The van der Waals surface area contributed by atoms with Crippen LogP contribution in [0.1, 0.15) is 12.0 Å². The molecule has 1 atom stereocenters. The number of methoxy groups -OCH3 is 1. The summed E-state index contributed by atoms with van der Waals surface area (Å²) in [5.74, 6) is 1.43. The molecular weight excluding hydrogens is 394 g/mol. The average Bonchev–Trinajstić information content (AvgIpc) is 3.14. The number of guanidine groups is 1. The van der Waals surface area contributed by atoms with E-state index < -0.39 is 0 Å². The van der Waals surface area contributed by atoms with Gasteiger partial charge in [0.1, 0.15) is 0 Å². The summed E-state index contributed by atoms with van der Waals surface area (Å²) in [6.07, 6.45) is 2.89. The van der Waals surface area contributed by atoms with Crippen LogP contribution in [0.3, 0.4) is 0 Å². The zero-order valence-electron chi connectivity index (χ0n) is 15.1. The molecule has 0 aliphatic carbocycles. The van der Waals surface area contributed by atoms with Crippen LogP contribution in [0.4, 0.5) is 5.69 Å². The fourth-order valence-electron chi connectivity index (χ4n) is 2.97. The van der Waals surface area contributed by atoms with Crippen LogP contribution in [-0.2, 0) is 6.54 Å². The molecule has 138 valence electrons. The van der Waals surface area contributed by atoms with Gasteiger partial charge in [-0.05, 0) is 36.2 Å². The molecule has 1 aromatic heterocycles. The lowest BCUT2D eigenvalue weighted by atomic mass is 10.2. The molecule has 1 unspecified atom stereocenters. The van der Waals surface area contributed by atoms with Crippen LogP contribution in [0.25, 0.3) is 0 Å². The average molecular weight is 418 g/mol. The Bertz CT molecular complexity index is 733. The van der Waals surface area contributed by atoms with Crippen molar-refractivity contribution in [2.45, 2.75) is 19.0 Å². The predicted octanol–water partition coefficient (Wildman–Crippen LogP) is 2.80. The lowest BCUT2D eigenvalue weighted by Gasteiger charge is -2.20. The van der Waals surface area contributed by atoms with Crippen LogP contribution in [0.2, 0.25) is 0 Å². The Labute approximate surface area is 162 Å². The second-order valence-corrected chi connectivity index (χ2v) is 7.10. The van der Waals surface area contributed by atoms with Crippen LogP contribution in [0, 0.1) is 0 Å². The van der Waals surface area contributed by atoms with E-state index in [0.29, 0.717) is 18.5 Å². The summed E-state index contributed by atoms with van der Waals surface area (Å²) >= 11 is 3.49. The highest BCUT2D eigenvalue weighted by Gasteiger charge is 2.23. The molecule has 7 heteroatoms. The molecule has 2 aromatic rings. The Morgan fingerprint density at radius 3 is 2.77 bits per heavy atom. The Kier molecular flexibility index (Phi) is 6.33. The SMILES string of the molecule is CN=C(NCc1ccc(OC)nc1)NC1CCN(c2ccc(Br)cc2)C1. The fourth-order valence-corrected chi connectivity index (χ4v) is 3.24. The maximum absolute atomic E-state index is 5.08. The zero-order chi connectivity index (χ0) is 18.4. The minimum Gasteiger partial charge on any atom is -0.481 e. The summed E-state index contributed by atoms with van der Waals surface area (Å²) in [6, 6.07) is 12.7. The zero-order valence-corrected chi connectivity index (χ0v) is 16.7. The van der Waals surface area contributed by atoms with Crippen molar-refractivity contribution in [2.24, 2.45) is 4.99 Å². The number of benzene rings is 1. The normalized spacial score (nSPS) is 17.3. The maximum Gasteiger partial charge on any atom is 0.212 e. The highest BCUT2D eigenvalue weighted by atomic mass is 79.9. The summed E-state index contributed by atoms with van der Waals surface area (Å²) in [5.41, 5.74) is 2.33. The van der Waals surface area contributed by atoms with Crippen LogP contribution in [-0.4, -0.2) is 44.2 Å². The van der Waals surface area contributed by atoms with Crippen LogP contribution < -0.4 is 20.3 Å². The topological polar surface area (TPSA) is 61.8 Å². The van der Waals surface area contributed by atoms with Crippen molar-refractivity contribution in [3.05, 3.63) is 52.6 Å². The molecule has 1 aliphatic rings. The maximum atomic E-state index is 5.08. The van der Waals surface area contributed by atoms with Gasteiger partial charge in [-0.25, -0.2) is 4.98 Å². The van der Waals surface area contributed by atoms with Crippen molar-refractivity contribution in [1.82, 2.24) is 15.6 Å². The third-order valence-electron chi connectivity index (χ3n) is 4.41. The molecule has 6 nitrogen and oxygen atoms in total. The van der Waals surface area contributed by atoms with Crippen LogP contribution >= 0.6 is 15.9 Å². The number of rotatable bonds is 5. The molecule has 2 N–H and O–H groups in total. The molecule has 1 fully saturated rings. The van der Waals surface area contributed by atoms with Crippen molar-refractivity contribution in [3.63, 3.8) is 0 Å². The van der Waals surface area contributed by atoms with Crippen molar-refractivity contribution < 1.29 is 4.74 Å².